The first-order chi connectivity index (χ1) is 13.2. The Balaban J connectivity index is 1.67. The van der Waals surface area contributed by atoms with Gasteiger partial charge in [0.15, 0.2) is 0 Å². The van der Waals surface area contributed by atoms with Gasteiger partial charge in [-0.15, -0.1) is 0 Å². The standard InChI is InChI=1S/C21H30N4O3/c1-14-10-24(11-15(2)28-14)21(4,5)13-22-19(26)12-25-16(3)23-18-9-7-6-8-17(18)20(25)27/h6-9,14-15H,10-13H2,1-5H3,(H,22,26)/t14-,15+. The van der Waals surface area contributed by atoms with Gasteiger partial charge in [0.25, 0.3) is 5.56 Å². The van der Waals surface area contributed by atoms with E-state index >= 15 is 0 Å². The molecule has 1 aromatic carbocycles. The Morgan fingerprint density at radius 3 is 2.57 bits per heavy atom. The van der Waals surface area contributed by atoms with Crippen molar-refractivity contribution in [3.63, 3.8) is 0 Å². The zero-order chi connectivity index (χ0) is 20.5. The SMILES string of the molecule is Cc1nc2ccccc2c(=O)n1CC(=O)NCC(C)(C)N1C[C@@H](C)O[C@@H](C)C1. The lowest BCUT2D eigenvalue weighted by molar-refractivity contribution is -0.123. The first kappa shape index (κ1) is 20.5. The van der Waals surface area contributed by atoms with E-state index in [4.69, 9.17) is 4.74 Å². The number of ether oxygens (including phenoxy) is 1. The monoisotopic (exact) mass is 386 g/mol. The summed E-state index contributed by atoms with van der Waals surface area (Å²) in [6, 6.07) is 7.20. The van der Waals surface area contributed by atoms with Gasteiger partial charge in [-0.3, -0.25) is 19.1 Å². The van der Waals surface area contributed by atoms with Gasteiger partial charge >= 0.3 is 0 Å². The van der Waals surface area contributed by atoms with Crippen molar-refractivity contribution in [2.75, 3.05) is 19.6 Å². The molecule has 28 heavy (non-hydrogen) atoms. The maximum Gasteiger partial charge on any atom is 0.261 e. The van der Waals surface area contributed by atoms with E-state index in [1.807, 2.05) is 6.07 Å². The van der Waals surface area contributed by atoms with Crippen molar-refractivity contribution >= 4 is 16.8 Å². The van der Waals surface area contributed by atoms with Gasteiger partial charge in [0.1, 0.15) is 12.4 Å². The molecule has 1 saturated heterocycles. The van der Waals surface area contributed by atoms with Crippen molar-refractivity contribution in [1.29, 1.82) is 0 Å². The van der Waals surface area contributed by atoms with Crippen molar-refractivity contribution in [2.24, 2.45) is 0 Å². The molecular formula is C21H30N4O3. The predicted octanol–water partition coefficient (Wildman–Crippen LogP) is 1.71. The number of nitrogens with one attached hydrogen (secondary N) is 1. The number of para-hydroxylation sites is 1. The average Bonchev–Trinajstić information content (AvgIpc) is 2.63. The molecule has 2 atom stereocenters. The number of aromatic nitrogens is 2. The summed E-state index contributed by atoms with van der Waals surface area (Å²) in [5.41, 5.74) is 0.260. The van der Waals surface area contributed by atoms with Crippen LogP contribution < -0.4 is 10.9 Å². The van der Waals surface area contributed by atoms with E-state index < -0.39 is 0 Å². The van der Waals surface area contributed by atoms with Crippen LogP contribution in [0.15, 0.2) is 29.1 Å². The third-order valence-electron chi connectivity index (χ3n) is 5.35. The second-order valence-corrected chi connectivity index (χ2v) is 8.32. The Morgan fingerprint density at radius 2 is 1.89 bits per heavy atom. The predicted molar refractivity (Wildman–Crippen MR) is 109 cm³/mol. The number of morpholine rings is 1. The maximum absolute atomic E-state index is 12.7. The molecule has 0 unspecified atom stereocenters. The third kappa shape index (κ3) is 4.42. The van der Waals surface area contributed by atoms with Crippen LogP contribution in [-0.2, 0) is 16.1 Å². The maximum atomic E-state index is 12.7. The topological polar surface area (TPSA) is 76.5 Å². The van der Waals surface area contributed by atoms with Gasteiger partial charge in [0.2, 0.25) is 5.91 Å². The van der Waals surface area contributed by atoms with Gasteiger partial charge < -0.3 is 10.1 Å². The van der Waals surface area contributed by atoms with Gasteiger partial charge in [-0.1, -0.05) is 12.1 Å². The zero-order valence-corrected chi connectivity index (χ0v) is 17.4. The van der Waals surface area contributed by atoms with E-state index in [0.717, 1.165) is 13.1 Å². The highest BCUT2D eigenvalue weighted by Crippen LogP contribution is 2.20. The van der Waals surface area contributed by atoms with Crippen molar-refractivity contribution < 1.29 is 9.53 Å². The summed E-state index contributed by atoms with van der Waals surface area (Å²) < 4.78 is 7.24. The fourth-order valence-electron chi connectivity index (χ4n) is 3.76. The van der Waals surface area contributed by atoms with Crippen LogP contribution in [0.25, 0.3) is 10.9 Å². The van der Waals surface area contributed by atoms with Crippen molar-refractivity contribution in [1.82, 2.24) is 19.8 Å². The minimum absolute atomic E-state index is 0.0332. The van der Waals surface area contributed by atoms with Crippen LogP contribution in [0.1, 0.15) is 33.5 Å². The second kappa shape index (κ2) is 8.01. The minimum Gasteiger partial charge on any atom is -0.373 e. The van der Waals surface area contributed by atoms with Crippen LogP contribution >= 0.6 is 0 Å². The molecule has 3 rings (SSSR count). The Morgan fingerprint density at radius 1 is 1.25 bits per heavy atom. The highest BCUT2D eigenvalue weighted by Gasteiger charge is 2.33. The Kier molecular flexibility index (Phi) is 5.86. The first-order valence-corrected chi connectivity index (χ1v) is 9.81. The molecule has 1 amide bonds. The fourth-order valence-corrected chi connectivity index (χ4v) is 3.76. The average molecular weight is 386 g/mol. The smallest absolute Gasteiger partial charge is 0.261 e. The lowest BCUT2D eigenvalue weighted by atomic mass is 10.00. The van der Waals surface area contributed by atoms with E-state index in [2.05, 4.69) is 42.9 Å². The molecule has 0 radical (unpaired) electrons. The Labute approximate surface area is 165 Å². The molecule has 1 N–H and O–H groups in total. The number of aryl methyl sites for hydroxylation is 1. The third-order valence-corrected chi connectivity index (χ3v) is 5.35. The number of carbonyl (C=O) groups excluding carboxylic acids is 1. The van der Waals surface area contributed by atoms with Gasteiger partial charge in [0.05, 0.1) is 23.1 Å². The number of amides is 1. The molecule has 0 bridgehead atoms. The van der Waals surface area contributed by atoms with Crippen LogP contribution in [-0.4, -0.2) is 57.7 Å². The zero-order valence-electron chi connectivity index (χ0n) is 17.4. The number of rotatable bonds is 5. The van der Waals surface area contributed by atoms with E-state index in [9.17, 15) is 9.59 Å². The molecule has 152 valence electrons. The van der Waals surface area contributed by atoms with Crippen molar-refractivity contribution in [3.8, 4) is 0 Å². The van der Waals surface area contributed by atoms with Crippen molar-refractivity contribution in [3.05, 3.63) is 40.4 Å². The summed E-state index contributed by atoms with van der Waals surface area (Å²) >= 11 is 0. The molecule has 0 aliphatic carbocycles. The molecule has 0 saturated carbocycles. The molecular weight excluding hydrogens is 356 g/mol. The summed E-state index contributed by atoms with van der Waals surface area (Å²) in [6.07, 6.45) is 0.340. The number of benzene rings is 1. The van der Waals surface area contributed by atoms with E-state index in [1.54, 1.807) is 25.1 Å². The molecule has 1 aromatic heterocycles. The van der Waals surface area contributed by atoms with Crippen LogP contribution in [0.3, 0.4) is 0 Å². The van der Waals surface area contributed by atoms with Crippen molar-refractivity contribution in [2.45, 2.75) is 58.9 Å². The number of nitrogens with zero attached hydrogens (tertiary/aromatic N) is 3. The summed E-state index contributed by atoms with van der Waals surface area (Å²) in [6.45, 7) is 12.3. The molecule has 7 heteroatoms. The highest BCUT2D eigenvalue weighted by molar-refractivity contribution is 5.79. The fraction of sp³-hybridized carbons (Fsp3) is 0.571. The highest BCUT2D eigenvalue weighted by atomic mass is 16.5. The van der Waals surface area contributed by atoms with Gasteiger partial charge in [-0.05, 0) is 46.8 Å². The van der Waals surface area contributed by atoms with E-state index in [1.165, 1.54) is 4.57 Å². The second-order valence-electron chi connectivity index (χ2n) is 8.32. The molecule has 1 aliphatic rings. The molecule has 7 nitrogen and oxygen atoms in total. The van der Waals surface area contributed by atoms with Gasteiger partial charge in [-0.2, -0.15) is 0 Å². The van der Waals surface area contributed by atoms with Gasteiger partial charge in [0, 0.05) is 25.2 Å². The van der Waals surface area contributed by atoms with Gasteiger partial charge in [-0.25, -0.2) is 4.98 Å². The molecule has 0 spiro atoms. The van der Waals surface area contributed by atoms with E-state index in [-0.39, 0.29) is 35.8 Å². The normalized spacial score (nSPS) is 21.0. The van der Waals surface area contributed by atoms with Crippen LogP contribution in [0, 0.1) is 6.92 Å². The van der Waals surface area contributed by atoms with E-state index in [0.29, 0.717) is 23.3 Å². The lowest BCUT2D eigenvalue weighted by Crippen LogP contribution is -2.58. The molecule has 1 aliphatic heterocycles. The minimum atomic E-state index is -0.205. The first-order valence-electron chi connectivity index (χ1n) is 9.81. The summed E-state index contributed by atoms with van der Waals surface area (Å²) in [5.74, 6) is 0.346. The number of hydrogen-bond acceptors (Lipinski definition) is 5. The summed E-state index contributed by atoms with van der Waals surface area (Å²) in [4.78, 5) is 32.1. The largest absolute Gasteiger partial charge is 0.373 e. The van der Waals surface area contributed by atoms with Crippen LogP contribution in [0.5, 0.6) is 0 Å². The number of hydrogen-bond donors (Lipinski definition) is 1. The lowest BCUT2D eigenvalue weighted by Gasteiger charge is -2.45. The summed E-state index contributed by atoms with van der Waals surface area (Å²) in [7, 11) is 0. The quantitative estimate of drug-likeness (QED) is 0.847. The van der Waals surface area contributed by atoms with Crippen LogP contribution in [0.4, 0.5) is 0 Å². The summed E-state index contributed by atoms with van der Waals surface area (Å²) in [5, 5.41) is 3.52. The van der Waals surface area contributed by atoms with Crippen LogP contribution in [0.2, 0.25) is 0 Å². The molecule has 2 heterocycles. The Hall–Kier alpha value is -2.25. The Bertz CT molecular complexity index is 911. The molecule has 2 aromatic rings. The number of fused-ring (bicyclic) bond motifs is 1. The number of carbonyl (C=O) groups is 1. The molecule has 1 fully saturated rings.